The molecule has 2 aromatic heterocycles. The second kappa shape index (κ2) is 8.53. The zero-order valence-electron chi connectivity index (χ0n) is 18.4. The van der Waals surface area contributed by atoms with Crippen LogP contribution >= 0.6 is 0 Å². The highest BCUT2D eigenvalue weighted by atomic mass is 32.2. The number of para-hydroxylation sites is 1. The molecule has 0 saturated carbocycles. The highest BCUT2D eigenvalue weighted by Gasteiger charge is 2.45. The van der Waals surface area contributed by atoms with Gasteiger partial charge >= 0.3 is 0 Å². The molecule has 10 heteroatoms. The van der Waals surface area contributed by atoms with Gasteiger partial charge in [-0.15, -0.1) is 0 Å². The van der Waals surface area contributed by atoms with Crippen LogP contribution in [0.15, 0.2) is 59.8 Å². The number of ether oxygens (including phenoxy) is 2. The third kappa shape index (κ3) is 4.04. The van der Waals surface area contributed by atoms with Crippen LogP contribution in [0.5, 0.6) is 0 Å². The second-order valence-corrected chi connectivity index (χ2v) is 10.3. The Morgan fingerprint density at radius 2 is 1.88 bits per heavy atom. The minimum absolute atomic E-state index is 0.00310. The van der Waals surface area contributed by atoms with E-state index >= 15 is 0 Å². The largest absolute Gasteiger partial charge is 0.347 e. The SMILES string of the molecule is Cn1c(C(=O)N2CCCOC3(C2)CN(S(=O)(=O)c2cccnc2)CCO3)cc2ccccc21. The van der Waals surface area contributed by atoms with E-state index < -0.39 is 15.8 Å². The summed E-state index contributed by atoms with van der Waals surface area (Å²) in [6.45, 7) is 1.41. The van der Waals surface area contributed by atoms with Crippen molar-refractivity contribution in [3.63, 3.8) is 0 Å². The van der Waals surface area contributed by atoms with E-state index in [-0.39, 0.29) is 37.0 Å². The van der Waals surface area contributed by atoms with Gasteiger partial charge in [0.15, 0.2) is 5.79 Å². The number of rotatable bonds is 3. The normalized spacial score (nSPS) is 22.5. The molecule has 1 spiro atoms. The van der Waals surface area contributed by atoms with Crippen molar-refractivity contribution in [3.05, 3.63) is 60.6 Å². The summed E-state index contributed by atoms with van der Waals surface area (Å²) in [7, 11) is -1.89. The summed E-state index contributed by atoms with van der Waals surface area (Å²) >= 11 is 0. The minimum atomic E-state index is -3.76. The molecule has 2 saturated heterocycles. The van der Waals surface area contributed by atoms with E-state index in [1.165, 1.54) is 22.8 Å². The van der Waals surface area contributed by atoms with Crippen molar-refractivity contribution in [2.45, 2.75) is 17.1 Å². The Morgan fingerprint density at radius 1 is 1.06 bits per heavy atom. The second-order valence-electron chi connectivity index (χ2n) is 8.36. The Kier molecular flexibility index (Phi) is 5.69. The Hall–Kier alpha value is -2.79. The highest BCUT2D eigenvalue weighted by Crippen LogP contribution is 2.29. The number of aryl methyl sites for hydroxylation is 1. The van der Waals surface area contributed by atoms with Gasteiger partial charge in [0.2, 0.25) is 10.0 Å². The molecule has 33 heavy (non-hydrogen) atoms. The van der Waals surface area contributed by atoms with Gasteiger partial charge in [0.25, 0.3) is 5.91 Å². The summed E-state index contributed by atoms with van der Waals surface area (Å²) in [5.41, 5.74) is 1.55. The number of morpholine rings is 1. The lowest BCUT2D eigenvalue weighted by atomic mass is 10.2. The molecule has 0 bridgehead atoms. The van der Waals surface area contributed by atoms with Gasteiger partial charge in [0.05, 0.1) is 26.3 Å². The maximum Gasteiger partial charge on any atom is 0.270 e. The molecule has 2 aliphatic rings. The molecule has 2 aliphatic heterocycles. The van der Waals surface area contributed by atoms with E-state index in [9.17, 15) is 13.2 Å². The van der Waals surface area contributed by atoms with Crippen LogP contribution in [0.2, 0.25) is 0 Å². The lowest BCUT2D eigenvalue weighted by molar-refractivity contribution is -0.255. The predicted molar refractivity (Wildman–Crippen MR) is 121 cm³/mol. The van der Waals surface area contributed by atoms with E-state index in [1.807, 2.05) is 41.9 Å². The molecule has 3 aromatic rings. The van der Waals surface area contributed by atoms with Crippen molar-refractivity contribution in [1.29, 1.82) is 0 Å². The van der Waals surface area contributed by atoms with Crippen molar-refractivity contribution >= 4 is 26.8 Å². The summed E-state index contributed by atoms with van der Waals surface area (Å²) in [6.07, 6.45) is 3.50. The molecule has 2 fully saturated rings. The fourth-order valence-corrected chi connectivity index (χ4v) is 5.95. The predicted octanol–water partition coefficient (Wildman–Crippen LogP) is 1.85. The number of nitrogens with zero attached hydrogens (tertiary/aromatic N) is 4. The van der Waals surface area contributed by atoms with Crippen LogP contribution in [0, 0.1) is 0 Å². The first-order valence-electron chi connectivity index (χ1n) is 10.9. The smallest absolute Gasteiger partial charge is 0.270 e. The molecule has 1 amide bonds. The van der Waals surface area contributed by atoms with Gasteiger partial charge in [-0.2, -0.15) is 4.31 Å². The van der Waals surface area contributed by atoms with E-state index in [2.05, 4.69) is 4.98 Å². The van der Waals surface area contributed by atoms with Gasteiger partial charge in [0, 0.05) is 43.4 Å². The summed E-state index contributed by atoms with van der Waals surface area (Å²) in [6, 6.07) is 12.8. The number of benzene rings is 1. The number of sulfonamides is 1. The van der Waals surface area contributed by atoms with Crippen molar-refractivity contribution < 1.29 is 22.7 Å². The average molecular weight is 471 g/mol. The maximum atomic E-state index is 13.5. The standard InChI is InChI=1S/C23H26N4O5S/c1-25-20-8-3-2-6-18(20)14-21(25)22(28)26-10-5-12-31-23(16-26)17-27(11-13-32-23)33(29,30)19-7-4-9-24-15-19/h2-4,6-9,14-15H,5,10-13,16-17H2,1H3. The van der Waals surface area contributed by atoms with Gasteiger partial charge in [-0.3, -0.25) is 9.78 Å². The number of hydrogen-bond acceptors (Lipinski definition) is 6. The van der Waals surface area contributed by atoms with Crippen LogP contribution in [0.1, 0.15) is 16.9 Å². The quantitative estimate of drug-likeness (QED) is 0.580. The lowest BCUT2D eigenvalue weighted by Gasteiger charge is -2.42. The van der Waals surface area contributed by atoms with Crippen LogP contribution in [-0.4, -0.2) is 78.3 Å². The number of carbonyl (C=O) groups excluding carboxylic acids is 1. The Labute approximate surface area is 192 Å². The zero-order chi connectivity index (χ0) is 23.1. The monoisotopic (exact) mass is 470 g/mol. The van der Waals surface area contributed by atoms with Crippen molar-refractivity contribution in [1.82, 2.24) is 18.8 Å². The fourth-order valence-electron chi connectivity index (χ4n) is 4.52. The summed E-state index contributed by atoms with van der Waals surface area (Å²) in [5.74, 6) is -1.35. The van der Waals surface area contributed by atoms with E-state index in [0.717, 1.165) is 10.9 Å². The van der Waals surface area contributed by atoms with E-state index in [0.29, 0.717) is 25.3 Å². The molecule has 174 valence electrons. The molecule has 0 radical (unpaired) electrons. The molecule has 1 atom stereocenters. The minimum Gasteiger partial charge on any atom is -0.347 e. The van der Waals surface area contributed by atoms with Crippen LogP contribution in [-0.2, 0) is 26.5 Å². The molecule has 1 unspecified atom stereocenters. The van der Waals surface area contributed by atoms with Crippen molar-refractivity contribution in [3.8, 4) is 0 Å². The molecule has 4 heterocycles. The van der Waals surface area contributed by atoms with Crippen LogP contribution in [0.4, 0.5) is 0 Å². The first-order chi connectivity index (χ1) is 15.9. The number of carbonyl (C=O) groups is 1. The highest BCUT2D eigenvalue weighted by molar-refractivity contribution is 7.89. The van der Waals surface area contributed by atoms with Crippen LogP contribution in [0.25, 0.3) is 10.9 Å². The number of hydrogen-bond donors (Lipinski definition) is 0. The molecule has 5 rings (SSSR count). The van der Waals surface area contributed by atoms with Gasteiger partial charge in [0.1, 0.15) is 10.6 Å². The molecular weight excluding hydrogens is 444 g/mol. The molecule has 9 nitrogen and oxygen atoms in total. The Bertz CT molecular complexity index is 1280. The lowest BCUT2D eigenvalue weighted by Crippen LogP contribution is -2.59. The van der Waals surface area contributed by atoms with Gasteiger partial charge in [-0.25, -0.2) is 8.42 Å². The van der Waals surface area contributed by atoms with Gasteiger partial charge < -0.3 is 18.9 Å². The van der Waals surface area contributed by atoms with E-state index in [4.69, 9.17) is 9.47 Å². The van der Waals surface area contributed by atoms with Crippen molar-refractivity contribution in [2.24, 2.45) is 7.05 Å². The molecular formula is C23H26N4O5S. The summed E-state index contributed by atoms with van der Waals surface area (Å²) in [5, 5.41) is 0.992. The fraction of sp³-hybridized carbons (Fsp3) is 0.391. The number of aromatic nitrogens is 2. The van der Waals surface area contributed by atoms with Crippen LogP contribution in [0.3, 0.4) is 0 Å². The number of fused-ring (bicyclic) bond motifs is 1. The van der Waals surface area contributed by atoms with Crippen LogP contribution < -0.4 is 0 Å². The van der Waals surface area contributed by atoms with Crippen molar-refractivity contribution in [2.75, 3.05) is 39.4 Å². The summed E-state index contributed by atoms with van der Waals surface area (Å²) < 4.78 is 41.6. The molecule has 1 aromatic carbocycles. The van der Waals surface area contributed by atoms with E-state index in [1.54, 1.807) is 11.0 Å². The first kappa shape index (κ1) is 22.0. The van der Waals surface area contributed by atoms with Gasteiger partial charge in [-0.05, 0) is 30.7 Å². The first-order valence-corrected chi connectivity index (χ1v) is 12.4. The summed E-state index contributed by atoms with van der Waals surface area (Å²) in [4.78, 5) is 19.3. The Morgan fingerprint density at radius 3 is 2.67 bits per heavy atom. The van der Waals surface area contributed by atoms with Gasteiger partial charge in [-0.1, -0.05) is 18.2 Å². The Balaban J connectivity index is 1.41. The molecule has 0 N–H and O–H groups in total. The average Bonchev–Trinajstić information content (AvgIpc) is 3.04. The zero-order valence-corrected chi connectivity index (χ0v) is 19.2. The maximum absolute atomic E-state index is 13.5. The number of amides is 1. The topological polar surface area (TPSA) is 94.0 Å². The third-order valence-corrected chi connectivity index (χ3v) is 8.05. The molecule has 0 aliphatic carbocycles. The third-order valence-electron chi connectivity index (χ3n) is 6.22. The number of pyridine rings is 1.